The van der Waals surface area contributed by atoms with Crippen molar-refractivity contribution in [1.29, 1.82) is 0 Å². The standard InChI is InChI=1S/C12H24N2/c1-9(2)7-11-12-10(8-14(11)3)5-4-6-13-12/h9-13H,4-8H2,1-3H3. The van der Waals surface area contributed by atoms with Gasteiger partial charge in [0.1, 0.15) is 0 Å². The molecule has 0 saturated carbocycles. The topological polar surface area (TPSA) is 15.3 Å². The number of fused-ring (bicyclic) bond motifs is 1. The van der Waals surface area contributed by atoms with Gasteiger partial charge in [0.2, 0.25) is 0 Å². The van der Waals surface area contributed by atoms with Crippen LogP contribution < -0.4 is 5.32 Å². The summed E-state index contributed by atoms with van der Waals surface area (Å²) in [4.78, 5) is 2.58. The molecule has 2 aliphatic heterocycles. The van der Waals surface area contributed by atoms with Crippen molar-refractivity contribution in [2.24, 2.45) is 11.8 Å². The number of hydrogen-bond donors (Lipinski definition) is 1. The van der Waals surface area contributed by atoms with E-state index >= 15 is 0 Å². The average Bonchev–Trinajstić information content (AvgIpc) is 2.43. The maximum Gasteiger partial charge on any atom is 0.0263 e. The van der Waals surface area contributed by atoms with E-state index in [-0.39, 0.29) is 0 Å². The first-order valence-electron chi connectivity index (χ1n) is 6.12. The van der Waals surface area contributed by atoms with Crippen molar-refractivity contribution in [1.82, 2.24) is 10.2 Å². The van der Waals surface area contributed by atoms with Crippen LogP contribution in [0.5, 0.6) is 0 Å². The molecule has 2 heterocycles. The number of likely N-dealkylation sites (N-methyl/N-ethyl adjacent to an activating group) is 1. The first-order chi connectivity index (χ1) is 6.68. The predicted molar refractivity (Wildman–Crippen MR) is 60.4 cm³/mol. The van der Waals surface area contributed by atoms with Crippen molar-refractivity contribution < 1.29 is 0 Å². The molecule has 2 rings (SSSR count). The molecule has 2 nitrogen and oxygen atoms in total. The molecule has 0 spiro atoms. The third-order valence-electron chi connectivity index (χ3n) is 3.86. The molecule has 0 aliphatic carbocycles. The molecule has 1 N–H and O–H groups in total. The summed E-state index contributed by atoms with van der Waals surface area (Å²) in [7, 11) is 2.30. The Morgan fingerprint density at radius 2 is 2.21 bits per heavy atom. The third kappa shape index (κ3) is 1.96. The lowest BCUT2D eigenvalue weighted by atomic mass is 9.87. The Morgan fingerprint density at radius 1 is 1.43 bits per heavy atom. The second-order valence-electron chi connectivity index (χ2n) is 5.52. The van der Waals surface area contributed by atoms with Crippen LogP contribution >= 0.6 is 0 Å². The van der Waals surface area contributed by atoms with E-state index in [1.165, 1.54) is 32.4 Å². The maximum atomic E-state index is 3.73. The number of nitrogens with zero attached hydrogens (tertiary/aromatic N) is 1. The molecule has 0 aromatic carbocycles. The third-order valence-corrected chi connectivity index (χ3v) is 3.86. The summed E-state index contributed by atoms with van der Waals surface area (Å²) in [5, 5.41) is 3.73. The summed E-state index contributed by atoms with van der Waals surface area (Å²) in [6.07, 6.45) is 4.17. The van der Waals surface area contributed by atoms with E-state index in [1.807, 2.05) is 0 Å². The fourth-order valence-electron chi connectivity index (χ4n) is 3.22. The Kier molecular flexibility index (Phi) is 3.13. The number of rotatable bonds is 2. The van der Waals surface area contributed by atoms with Crippen LogP contribution in [0.3, 0.4) is 0 Å². The zero-order chi connectivity index (χ0) is 10.1. The molecule has 0 bridgehead atoms. The Balaban J connectivity index is 2.00. The summed E-state index contributed by atoms with van der Waals surface area (Å²) >= 11 is 0. The van der Waals surface area contributed by atoms with Gasteiger partial charge in [-0.1, -0.05) is 13.8 Å². The van der Waals surface area contributed by atoms with Crippen molar-refractivity contribution in [2.45, 2.75) is 45.2 Å². The minimum atomic E-state index is 0.788. The number of hydrogen-bond acceptors (Lipinski definition) is 2. The van der Waals surface area contributed by atoms with E-state index < -0.39 is 0 Å². The summed E-state index contributed by atoms with van der Waals surface area (Å²) in [6, 6.07) is 1.58. The molecule has 2 aliphatic rings. The molecule has 0 amide bonds. The minimum absolute atomic E-state index is 0.788. The van der Waals surface area contributed by atoms with Crippen LogP contribution in [-0.4, -0.2) is 37.1 Å². The second kappa shape index (κ2) is 4.19. The van der Waals surface area contributed by atoms with Crippen molar-refractivity contribution in [2.75, 3.05) is 20.1 Å². The predicted octanol–water partition coefficient (Wildman–Crippen LogP) is 1.71. The molecule has 14 heavy (non-hydrogen) atoms. The van der Waals surface area contributed by atoms with Gasteiger partial charge in [-0.2, -0.15) is 0 Å². The van der Waals surface area contributed by atoms with E-state index in [0.717, 1.165) is 23.9 Å². The van der Waals surface area contributed by atoms with Crippen LogP contribution in [0.15, 0.2) is 0 Å². The molecule has 2 heteroatoms. The Labute approximate surface area is 88.1 Å². The normalized spacial score (nSPS) is 39.0. The molecule has 3 atom stereocenters. The second-order valence-corrected chi connectivity index (χ2v) is 5.52. The van der Waals surface area contributed by atoms with E-state index in [0.29, 0.717) is 0 Å². The van der Waals surface area contributed by atoms with E-state index in [1.54, 1.807) is 0 Å². The fraction of sp³-hybridized carbons (Fsp3) is 1.00. The molecular weight excluding hydrogens is 172 g/mol. The van der Waals surface area contributed by atoms with Gasteiger partial charge in [-0.05, 0) is 44.7 Å². The summed E-state index contributed by atoms with van der Waals surface area (Å²) in [5.41, 5.74) is 0. The van der Waals surface area contributed by atoms with Crippen LogP contribution in [-0.2, 0) is 0 Å². The van der Waals surface area contributed by atoms with Crippen LogP contribution in [0.2, 0.25) is 0 Å². The molecule has 0 radical (unpaired) electrons. The Bertz CT molecular complexity index is 191. The highest BCUT2D eigenvalue weighted by molar-refractivity contribution is 4.98. The van der Waals surface area contributed by atoms with Gasteiger partial charge in [0.25, 0.3) is 0 Å². The smallest absolute Gasteiger partial charge is 0.0263 e. The van der Waals surface area contributed by atoms with Gasteiger partial charge in [0, 0.05) is 18.6 Å². The van der Waals surface area contributed by atoms with Crippen LogP contribution in [0, 0.1) is 11.8 Å². The Morgan fingerprint density at radius 3 is 2.93 bits per heavy atom. The van der Waals surface area contributed by atoms with Gasteiger partial charge in [-0.15, -0.1) is 0 Å². The number of likely N-dealkylation sites (tertiary alicyclic amines) is 1. The number of piperidine rings is 1. The highest BCUT2D eigenvalue weighted by atomic mass is 15.2. The van der Waals surface area contributed by atoms with Crippen molar-refractivity contribution in [3.63, 3.8) is 0 Å². The van der Waals surface area contributed by atoms with Crippen molar-refractivity contribution in [3.05, 3.63) is 0 Å². The summed E-state index contributed by atoms with van der Waals surface area (Å²) in [6.45, 7) is 7.23. The molecule has 0 aromatic heterocycles. The van der Waals surface area contributed by atoms with Gasteiger partial charge in [-0.3, -0.25) is 0 Å². The SMILES string of the molecule is CC(C)CC1C2NCCCC2CN1C. The van der Waals surface area contributed by atoms with Gasteiger partial charge in [0.05, 0.1) is 0 Å². The van der Waals surface area contributed by atoms with Crippen LogP contribution in [0.4, 0.5) is 0 Å². The van der Waals surface area contributed by atoms with Gasteiger partial charge < -0.3 is 10.2 Å². The van der Waals surface area contributed by atoms with E-state index in [2.05, 4.69) is 31.1 Å². The summed E-state index contributed by atoms with van der Waals surface area (Å²) in [5.74, 6) is 1.75. The highest BCUT2D eigenvalue weighted by Crippen LogP contribution is 2.31. The van der Waals surface area contributed by atoms with Gasteiger partial charge in [-0.25, -0.2) is 0 Å². The van der Waals surface area contributed by atoms with Crippen LogP contribution in [0.25, 0.3) is 0 Å². The molecule has 2 saturated heterocycles. The van der Waals surface area contributed by atoms with Crippen molar-refractivity contribution in [3.8, 4) is 0 Å². The van der Waals surface area contributed by atoms with Gasteiger partial charge in [0.15, 0.2) is 0 Å². The monoisotopic (exact) mass is 196 g/mol. The van der Waals surface area contributed by atoms with Gasteiger partial charge >= 0.3 is 0 Å². The van der Waals surface area contributed by atoms with Crippen LogP contribution in [0.1, 0.15) is 33.1 Å². The lowest BCUT2D eigenvalue weighted by Crippen LogP contribution is -2.47. The minimum Gasteiger partial charge on any atom is -0.312 e. The summed E-state index contributed by atoms with van der Waals surface area (Å²) < 4.78 is 0. The molecular formula is C12H24N2. The molecule has 2 fully saturated rings. The van der Waals surface area contributed by atoms with E-state index in [4.69, 9.17) is 0 Å². The highest BCUT2D eigenvalue weighted by Gasteiger charge is 2.40. The van der Waals surface area contributed by atoms with Crippen molar-refractivity contribution >= 4 is 0 Å². The lowest BCUT2D eigenvalue weighted by Gasteiger charge is -2.31. The molecule has 82 valence electrons. The number of nitrogens with one attached hydrogen (secondary N) is 1. The quantitative estimate of drug-likeness (QED) is 0.723. The fourth-order valence-corrected chi connectivity index (χ4v) is 3.22. The zero-order valence-corrected chi connectivity index (χ0v) is 9.79. The largest absolute Gasteiger partial charge is 0.312 e. The molecule has 0 aromatic rings. The first-order valence-corrected chi connectivity index (χ1v) is 6.12. The zero-order valence-electron chi connectivity index (χ0n) is 9.79. The Hall–Kier alpha value is -0.0800. The molecule has 3 unspecified atom stereocenters. The van der Waals surface area contributed by atoms with E-state index in [9.17, 15) is 0 Å². The maximum absolute atomic E-state index is 3.73. The average molecular weight is 196 g/mol. The first kappa shape index (κ1) is 10.4. The lowest BCUT2D eigenvalue weighted by molar-refractivity contribution is 0.237.